The van der Waals surface area contributed by atoms with Crippen molar-refractivity contribution in [1.82, 2.24) is 10.2 Å². The number of methoxy groups -OCH3 is 2. The zero-order chi connectivity index (χ0) is 16.8. The molecule has 1 aliphatic heterocycles. The lowest BCUT2D eigenvalue weighted by atomic mass is 10.1. The molecule has 0 spiro atoms. The van der Waals surface area contributed by atoms with Crippen molar-refractivity contribution in [3.05, 3.63) is 47.9 Å². The molecule has 5 heteroatoms. The zero-order valence-electron chi connectivity index (χ0n) is 14.5. The summed E-state index contributed by atoms with van der Waals surface area (Å²) in [6, 6.07) is 10.2. The molecule has 1 N–H and O–H groups in total. The fraction of sp³-hybridized carbons (Fsp3) is 0.474. The number of hydrogen-bond acceptors (Lipinski definition) is 5. The highest BCUT2D eigenvalue weighted by Crippen LogP contribution is 2.26. The van der Waals surface area contributed by atoms with Crippen LogP contribution in [0, 0.1) is 0 Å². The molecule has 2 heterocycles. The number of nitrogens with zero attached hydrogens (tertiary/aromatic N) is 1. The third-order valence-corrected chi connectivity index (χ3v) is 4.59. The van der Waals surface area contributed by atoms with Gasteiger partial charge in [-0.25, -0.2) is 0 Å². The fourth-order valence-corrected chi connectivity index (χ4v) is 3.31. The van der Waals surface area contributed by atoms with Gasteiger partial charge in [-0.1, -0.05) is 0 Å². The van der Waals surface area contributed by atoms with Gasteiger partial charge in [-0.05, 0) is 56.3 Å². The van der Waals surface area contributed by atoms with Gasteiger partial charge in [-0.15, -0.1) is 0 Å². The molecule has 0 aliphatic carbocycles. The number of ether oxygens (including phenoxy) is 2. The van der Waals surface area contributed by atoms with Crippen LogP contribution in [-0.4, -0.2) is 38.8 Å². The number of likely N-dealkylation sites (tertiary alicyclic amines) is 1. The van der Waals surface area contributed by atoms with Crippen LogP contribution in [0.2, 0.25) is 0 Å². The van der Waals surface area contributed by atoms with E-state index in [0.717, 1.165) is 49.0 Å². The van der Waals surface area contributed by atoms with Crippen molar-refractivity contribution in [2.75, 3.05) is 33.9 Å². The Balaban J connectivity index is 1.65. The smallest absolute Gasteiger partial charge is 0.123 e. The Morgan fingerprint density at radius 2 is 2.00 bits per heavy atom. The summed E-state index contributed by atoms with van der Waals surface area (Å²) < 4.78 is 16.4. The van der Waals surface area contributed by atoms with E-state index in [2.05, 4.69) is 16.3 Å². The Morgan fingerprint density at radius 1 is 1.17 bits per heavy atom. The highest BCUT2D eigenvalue weighted by molar-refractivity contribution is 5.40. The Hall–Kier alpha value is -1.98. The van der Waals surface area contributed by atoms with Gasteiger partial charge in [0.05, 0.1) is 26.5 Å². The topological polar surface area (TPSA) is 46.9 Å². The summed E-state index contributed by atoms with van der Waals surface area (Å²) in [5, 5.41) is 3.56. The standard InChI is InChI=1S/C19H26N2O3/c1-22-16-7-8-18(23-2)15(12-16)13-20-14-17(19-6-5-11-24-19)21-9-3-4-10-21/h5-8,11-12,17,20H,3-4,9-10,13-14H2,1-2H3. The second-order valence-electron chi connectivity index (χ2n) is 6.08. The van der Waals surface area contributed by atoms with Gasteiger partial charge in [0.2, 0.25) is 0 Å². The first-order valence-electron chi connectivity index (χ1n) is 8.51. The molecule has 24 heavy (non-hydrogen) atoms. The van der Waals surface area contributed by atoms with Gasteiger partial charge in [0.15, 0.2) is 0 Å². The summed E-state index contributed by atoms with van der Waals surface area (Å²) in [5.41, 5.74) is 1.09. The van der Waals surface area contributed by atoms with Crippen molar-refractivity contribution >= 4 is 0 Å². The Kier molecular flexibility index (Phi) is 5.77. The average molecular weight is 330 g/mol. The molecule has 130 valence electrons. The van der Waals surface area contributed by atoms with E-state index < -0.39 is 0 Å². The number of rotatable bonds is 8. The van der Waals surface area contributed by atoms with E-state index in [-0.39, 0.29) is 6.04 Å². The van der Waals surface area contributed by atoms with Crippen LogP contribution in [0.25, 0.3) is 0 Å². The van der Waals surface area contributed by atoms with E-state index in [1.807, 2.05) is 24.3 Å². The lowest BCUT2D eigenvalue weighted by molar-refractivity contribution is 0.209. The maximum Gasteiger partial charge on any atom is 0.123 e. The predicted molar refractivity (Wildman–Crippen MR) is 93.5 cm³/mol. The molecule has 1 aliphatic rings. The largest absolute Gasteiger partial charge is 0.497 e. The second-order valence-corrected chi connectivity index (χ2v) is 6.08. The maximum atomic E-state index is 5.67. The summed E-state index contributed by atoms with van der Waals surface area (Å²) in [6.45, 7) is 3.84. The molecule has 1 unspecified atom stereocenters. The van der Waals surface area contributed by atoms with Crippen molar-refractivity contribution in [3.63, 3.8) is 0 Å². The van der Waals surface area contributed by atoms with Gasteiger partial charge in [-0.2, -0.15) is 0 Å². The Bertz CT molecular complexity index is 622. The molecular formula is C19H26N2O3. The first-order valence-corrected chi connectivity index (χ1v) is 8.51. The number of furan rings is 1. The molecule has 2 aromatic rings. The van der Waals surface area contributed by atoms with Crippen molar-refractivity contribution in [3.8, 4) is 11.5 Å². The number of nitrogens with one attached hydrogen (secondary N) is 1. The van der Waals surface area contributed by atoms with Gasteiger partial charge in [0.1, 0.15) is 17.3 Å². The third-order valence-electron chi connectivity index (χ3n) is 4.59. The van der Waals surface area contributed by atoms with Crippen LogP contribution in [0.15, 0.2) is 41.0 Å². The van der Waals surface area contributed by atoms with Crippen molar-refractivity contribution in [1.29, 1.82) is 0 Å². The van der Waals surface area contributed by atoms with E-state index in [1.165, 1.54) is 12.8 Å². The molecule has 0 bridgehead atoms. The molecule has 1 saturated heterocycles. The fourth-order valence-electron chi connectivity index (χ4n) is 3.31. The molecule has 1 fully saturated rings. The molecule has 1 atom stereocenters. The van der Waals surface area contributed by atoms with Crippen LogP contribution in [0.4, 0.5) is 0 Å². The molecular weight excluding hydrogens is 304 g/mol. The SMILES string of the molecule is COc1ccc(OC)c(CNCC(c2ccco2)N2CCCC2)c1. The first kappa shape index (κ1) is 16.9. The maximum absolute atomic E-state index is 5.67. The highest BCUT2D eigenvalue weighted by atomic mass is 16.5. The van der Waals surface area contributed by atoms with E-state index in [1.54, 1.807) is 20.5 Å². The van der Waals surface area contributed by atoms with Crippen LogP contribution in [0.1, 0.15) is 30.2 Å². The zero-order valence-corrected chi connectivity index (χ0v) is 14.5. The van der Waals surface area contributed by atoms with Gasteiger partial charge in [0, 0.05) is 18.7 Å². The van der Waals surface area contributed by atoms with E-state index >= 15 is 0 Å². The van der Waals surface area contributed by atoms with E-state index in [0.29, 0.717) is 0 Å². The molecule has 0 saturated carbocycles. The van der Waals surface area contributed by atoms with Crippen LogP contribution in [0.3, 0.4) is 0 Å². The summed E-state index contributed by atoms with van der Waals surface area (Å²) in [5.74, 6) is 2.75. The van der Waals surface area contributed by atoms with Crippen molar-refractivity contribution in [2.45, 2.75) is 25.4 Å². The molecule has 0 radical (unpaired) electrons. The minimum atomic E-state index is 0.277. The van der Waals surface area contributed by atoms with E-state index in [9.17, 15) is 0 Å². The van der Waals surface area contributed by atoms with Gasteiger partial charge in [-0.3, -0.25) is 4.90 Å². The van der Waals surface area contributed by atoms with Crippen molar-refractivity contribution < 1.29 is 13.9 Å². The second kappa shape index (κ2) is 8.22. The molecule has 0 amide bonds. The van der Waals surface area contributed by atoms with Gasteiger partial charge < -0.3 is 19.2 Å². The number of hydrogen-bond donors (Lipinski definition) is 1. The molecule has 5 nitrogen and oxygen atoms in total. The van der Waals surface area contributed by atoms with E-state index in [4.69, 9.17) is 13.9 Å². The summed E-state index contributed by atoms with van der Waals surface area (Å²) in [7, 11) is 3.38. The van der Waals surface area contributed by atoms with Crippen LogP contribution in [-0.2, 0) is 6.54 Å². The summed E-state index contributed by atoms with van der Waals surface area (Å²) in [4.78, 5) is 2.49. The predicted octanol–water partition coefficient (Wildman–Crippen LogP) is 3.22. The number of benzene rings is 1. The average Bonchev–Trinajstić information content (AvgIpc) is 3.32. The monoisotopic (exact) mass is 330 g/mol. The molecule has 3 rings (SSSR count). The van der Waals surface area contributed by atoms with Crippen LogP contribution >= 0.6 is 0 Å². The minimum Gasteiger partial charge on any atom is -0.497 e. The molecule has 1 aromatic heterocycles. The Labute approximate surface area is 143 Å². The van der Waals surface area contributed by atoms with Gasteiger partial charge >= 0.3 is 0 Å². The third kappa shape index (κ3) is 3.91. The van der Waals surface area contributed by atoms with Crippen molar-refractivity contribution in [2.24, 2.45) is 0 Å². The normalized spacial score (nSPS) is 16.2. The quantitative estimate of drug-likeness (QED) is 0.805. The van der Waals surface area contributed by atoms with Gasteiger partial charge in [0.25, 0.3) is 0 Å². The Morgan fingerprint density at radius 3 is 2.67 bits per heavy atom. The lowest BCUT2D eigenvalue weighted by Crippen LogP contribution is -2.33. The first-order chi connectivity index (χ1) is 11.8. The lowest BCUT2D eigenvalue weighted by Gasteiger charge is -2.26. The van der Waals surface area contributed by atoms with Crippen LogP contribution < -0.4 is 14.8 Å². The summed E-state index contributed by atoms with van der Waals surface area (Å²) >= 11 is 0. The highest BCUT2D eigenvalue weighted by Gasteiger charge is 2.25. The minimum absolute atomic E-state index is 0.277. The van der Waals surface area contributed by atoms with Crippen LogP contribution in [0.5, 0.6) is 11.5 Å². The summed E-state index contributed by atoms with van der Waals surface area (Å²) in [6.07, 6.45) is 4.28. The molecule has 1 aromatic carbocycles.